The molecule has 0 unspecified atom stereocenters. The molecule has 0 radical (unpaired) electrons. The minimum Gasteiger partial charge on any atom is -0.165 e. The van der Waals surface area contributed by atoms with E-state index in [-0.39, 0.29) is 0 Å². The van der Waals surface area contributed by atoms with Gasteiger partial charge in [0.05, 0.1) is 0 Å². The summed E-state index contributed by atoms with van der Waals surface area (Å²) in [7, 11) is 0. The molecule has 0 aromatic carbocycles. The van der Waals surface area contributed by atoms with Gasteiger partial charge in [-0.1, -0.05) is 0 Å². The van der Waals surface area contributed by atoms with Crippen LogP contribution in [0.3, 0.4) is 0 Å². The van der Waals surface area contributed by atoms with Crippen molar-refractivity contribution in [2.75, 3.05) is 23.5 Å². The SMILES string of the molecule is C#CCCCSCCSC. The molecule has 0 atom stereocenters. The van der Waals surface area contributed by atoms with Gasteiger partial charge in [0.15, 0.2) is 0 Å². The van der Waals surface area contributed by atoms with Crippen LogP contribution in [0.25, 0.3) is 0 Å². The Hall–Kier alpha value is 0.260. The number of unbranched alkanes of at least 4 members (excludes halogenated alkanes) is 1. The Bertz CT molecular complexity index is 93.9. The monoisotopic (exact) mass is 174 g/mol. The quantitative estimate of drug-likeness (QED) is 0.448. The Morgan fingerprint density at radius 3 is 2.70 bits per heavy atom. The normalized spacial score (nSPS) is 9.20. The van der Waals surface area contributed by atoms with E-state index in [2.05, 4.69) is 12.2 Å². The van der Waals surface area contributed by atoms with Gasteiger partial charge in [-0.3, -0.25) is 0 Å². The van der Waals surface area contributed by atoms with Crippen molar-refractivity contribution in [3.63, 3.8) is 0 Å². The fraction of sp³-hybridized carbons (Fsp3) is 0.750. The lowest BCUT2D eigenvalue weighted by Gasteiger charge is -1.96. The molecule has 58 valence electrons. The van der Waals surface area contributed by atoms with Gasteiger partial charge in [0.1, 0.15) is 0 Å². The summed E-state index contributed by atoms with van der Waals surface area (Å²) < 4.78 is 0. The predicted octanol–water partition coefficient (Wildman–Crippen LogP) is 2.50. The second kappa shape index (κ2) is 9.26. The van der Waals surface area contributed by atoms with Crippen molar-refractivity contribution in [3.05, 3.63) is 0 Å². The Morgan fingerprint density at radius 1 is 1.30 bits per heavy atom. The van der Waals surface area contributed by atoms with E-state index in [9.17, 15) is 0 Å². The first-order valence-corrected chi connectivity index (χ1v) is 5.97. The fourth-order valence-corrected chi connectivity index (χ4v) is 2.21. The van der Waals surface area contributed by atoms with Crippen molar-refractivity contribution >= 4 is 23.5 Å². The average Bonchev–Trinajstić information content (AvgIpc) is 1.97. The summed E-state index contributed by atoms with van der Waals surface area (Å²) in [4.78, 5) is 0. The summed E-state index contributed by atoms with van der Waals surface area (Å²) in [6.07, 6.45) is 9.36. The molecule has 0 aliphatic heterocycles. The standard InChI is InChI=1S/C8H14S2/c1-3-4-5-6-10-8-7-9-2/h1H,4-8H2,2H3. The van der Waals surface area contributed by atoms with Crippen molar-refractivity contribution < 1.29 is 0 Å². The Balaban J connectivity index is 2.72. The van der Waals surface area contributed by atoms with E-state index in [1.54, 1.807) is 0 Å². The molecule has 0 aromatic rings. The van der Waals surface area contributed by atoms with E-state index in [0.717, 1.165) is 6.42 Å². The maximum Gasteiger partial charge on any atom is 0.00939 e. The third kappa shape index (κ3) is 8.26. The highest BCUT2D eigenvalue weighted by molar-refractivity contribution is 8.02. The van der Waals surface area contributed by atoms with Crippen molar-refractivity contribution in [3.8, 4) is 12.3 Å². The zero-order valence-electron chi connectivity index (χ0n) is 6.43. The molecule has 0 aliphatic rings. The van der Waals surface area contributed by atoms with E-state index >= 15 is 0 Å². The number of hydrogen-bond donors (Lipinski definition) is 0. The van der Waals surface area contributed by atoms with Crippen LogP contribution in [0.1, 0.15) is 12.8 Å². The summed E-state index contributed by atoms with van der Waals surface area (Å²) in [6, 6.07) is 0. The van der Waals surface area contributed by atoms with Crippen LogP contribution in [0.2, 0.25) is 0 Å². The number of hydrogen-bond acceptors (Lipinski definition) is 2. The van der Waals surface area contributed by atoms with Gasteiger partial charge in [0.2, 0.25) is 0 Å². The van der Waals surface area contributed by atoms with Gasteiger partial charge in [-0.25, -0.2) is 0 Å². The van der Waals surface area contributed by atoms with Gasteiger partial charge in [-0.15, -0.1) is 12.3 Å². The van der Waals surface area contributed by atoms with Gasteiger partial charge in [-0.2, -0.15) is 23.5 Å². The molecule has 0 bridgehead atoms. The fourth-order valence-electron chi connectivity index (χ4n) is 0.521. The minimum atomic E-state index is 0.937. The Labute approximate surface area is 72.5 Å². The van der Waals surface area contributed by atoms with Crippen LogP contribution in [0.5, 0.6) is 0 Å². The van der Waals surface area contributed by atoms with Gasteiger partial charge in [0.25, 0.3) is 0 Å². The maximum absolute atomic E-state index is 5.11. The first-order valence-electron chi connectivity index (χ1n) is 3.42. The van der Waals surface area contributed by atoms with Crippen LogP contribution in [0.4, 0.5) is 0 Å². The van der Waals surface area contributed by atoms with Gasteiger partial charge < -0.3 is 0 Å². The molecule has 0 fully saturated rings. The van der Waals surface area contributed by atoms with Gasteiger partial charge in [0, 0.05) is 17.9 Å². The second-order valence-electron chi connectivity index (χ2n) is 1.91. The summed E-state index contributed by atoms with van der Waals surface area (Å²) in [6.45, 7) is 0. The highest BCUT2D eigenvalue weighted by atomic mass is 32.2. The maximum atomic E-state index is 5.11. The molecule has 0 spiro atoms. The molecular weight excluding hydrogens is 160 g/mol. The second-order valence-corrected chi connectivity index (χ2v) is 4.12. The van der Waals surface area contributed by atoms with Gasteiger partial charge >= 0.3 is 0 Å². The third-order valence-electron chi connectivity index (χ3n) is 1.04. The molecule has 0 N–H and O–H groups in total. The summed E-state index contributed by atoms with van der Waals surface area (Å²) in [5.74, 6) is 6.40. The third-order valence-corrected chi connectivity index (χ3v) is 2.98. The van der Waals surface area contributed by atoms with E-state index in [4.69, 9.17) is 6.42 Å². The molecule has 10 heavy (non-hydrogen) atoms. The highest BCUT2D eigenvalue weighted by Gasteiger charge is 1.86. The molecule has 0 rings (SSSR count). The van der Waals surface area contributed by atoms with Crippen LogP contribution in [-0.4, -0.2) is 23.5 Å². The van der Waals surface area contributed by atoms with E-state index in [1.165, 1.54) is 23.7 Å². The van der Waals surface area contributed by atoms with E-state index < -0.39 is 0 Å². The smallest absolute Gasteiger partial charge is 0.00939 e. The number of rotatable bonds is 6. The van der Waals surface area contributed by atoms with Crippen LogP contribution >= 0.6 is 23.5 Å². The Morgan fingerprint density at radius 2 is 2.10 bits per heavy atom. The lowest BCUT2D eigenvalue weighted by Crippen LogP contribution is -1.85. The van der Waals surface area contributed by atoms with Crippen LogP contribution < -0.4 is 0 Å². The molecule has 0 nitrogen and oxygen atoms in total. The molecule has 0 aliphatic carbocycles. The molecule has 0 saturated heterocycles. The zero-order valence-corrected chi connectivity index (χ0v) is 8.06. The van der Waals surface area contributed by atoms with Crippen molar-refractivity contribution in [1.29, 1.82) is 0 Å². The highest BCUT2D eigenvalue weighted by Crippen LogP contribution is 2.06. The van der Waals surface area contributed by atoms with Crippen molar-refractivity contribution in [2.45, 2.75) is 12.8 Å². The van der Waals surface area contributed by atoms with Crippen LogP contribution in [0.15, 0.2) is 0 Å². The summed E-state index contributed by atoms with van der Waals surface area (Å²) in [5.41, 5.74) is 0. The molecule has 0 aromatic heterocycles. The zero-order chi connectivity index (χ0) is 7.66. The van der Waals surface area contributed by atoms with Crippen LogP contribution in [0, 0.1) is 12.3 Å². The Kier molecular flexibility index (Phi) is 9.50. The number of thioether (sulfide) groups is 2. The largest absolute Gasteiger partial charge is 0.165 e. The molecule has 0 amide bonds. The summed E-state index contributed by atoms with van der Waals surface area (Å²) in [5, 5.41) is 0. The molecule has 0 saturated carbocycles. The van der Waals surface area contributed by atoms with Gasteiger partial charge in [-0.05, 0) is 18.4 Å². The lowest BCUT2D eigenvalue weighted by atomic mass is 10.4. The minimum absolute atomic E-state index is 0.937. The first-order chi connectivity index (χ1) is 4.91. The van der Waals surface area contributed by atoms with E-state index in [1.807, 2.05) is 23.5 Å². The topological polar surface area (TPSA) is 0 Å². The molecular formula is C8H14S2. The summed E-state index contributed by atoms with van der Waals surface area (Å²) >= 11 is 3.91. The van der Waals surface area contributed by atoms with Crippen molar-refractivity contribution in [2.24, 2.45) is 0 Å². The number of terminal acetylenes is 1. The lowest BCUT2D eigenvalue weighted by molar-refractivity contribution is 0.998. The first kappa shape index (κ1) is 10.3. The predicted molar refractivity (Wildman–Crippen MR) is 53.8 cm³/mol. The van der Waals surface area contributed by atoms with Crippen molar-refractivity contribution in [1.82, 2.24) is 0 Å². The molecule has 2 heteroatoms. The molecule has 0 heterocycles. The average molecular weight is 174 g/mol. The van der Waals surface area contributed by atoms with Crippen LogP contribution in [-0.2, 0) is 0 Å². The van der Waals surface area contributed by atoms with E-state index in [0.29, 0.717) is 0 Å².